The zero-order valence-corrected chi connectivity index (χ0v) is 17.0. The lowest BCUT2D eigenvalue weighted by molar-refractivity contribution is -0.0492. The molecule has 1 amide bonds. The lowest BCUT2D eigenvalue weighted by atomic mass is 9.91. The normalized spacial score (nSPS) is 27.9. The molecule has 1 saturated carbocycles. The second-order valence-corrected chi connectivity index (χ2v) is 10.5. The molecule has 1 aliphatic carbocycles. The first-order chi connectivity index (χ1) is 13.3. The maximum absolute atomic E-state index is 13.0. The van der Waals surface area contributed by atoms with Crippen molar-refractivity contribution in [3.8, 4) is 0 Å². The van der Waals surface area contributed by atoms with Gasteiger partial charge in [-0.3, -0.25) is 4.79 Å². The van der Waals surface area contributed by atoms with E-state index < -0.39 is 20.9 Å². The molecule has 1 aromatic heterocycles. The molecule has 9 heteroatoms. The largest absolute Gasteiger partial charge is 0.387 e. The summed E-state index contributed by atoms with van der Waals surface area (Å²) in [6.45, 7) is 2.63. The highest BCUT2D eigenvalue weighted by atomic mass is 32.2. The Morgan fingerprint density at radius 3 is 2.57 bits per heavy atom. The average molecular weight is 411 g/mol. The van der Waals surface area contributed by atoms with Crippen molar-refractivity contribution in [2.24, 2.45) is 5.14 Å². The van der Waals surface area contributed by atoms with Gasteiger partial charge in [0.1, 0.15) is 5.69 Å². The van der Waals surface area contributed by atoms with Gasteiger partial charge in [-0.15, -0.1) is 0 Å². The predicted molar refractivity (Wildman–Crippen MR) is 105 cm³/mol. The second-order valence-electron chi connectivity index (χ2n) is 8.65. The van der Waals surface area contributed by atoms with Crippen LogP contribution < -0.4 is 5.14 Å². The van der Waals surface area contributed by atoms with Gasteiger partial charge in [0.25, 0.3) is 5.91 Å². The Hall–Kier alpha value is -1.42. The number of amides is 1. The first kappa shape index (κ1) is 19.9. The van der Waals surface area contributed by atoms with Gasteiger partial charge >= 0.3 is 0 Å². The van der Waals surface area contributed by atoms with Crippen molar-refractivity contribution in [3.63, 3.8) is 0 Å². The van der Waals surface area contributed by atoms with Gasteiger partial charge in [0.15, 0.2) is 0 Å². The van der Waals surface area contributed by atoms with Gasteiger partial charge in [-0.05, 0) is 63.7 Å². The number of carbonyl (C=O) groups is 1. The molecular weight excluding hydrogens is 380 g/mol. The van der Waals surface area contributed by atoms with Crippen LogP contribution in [0.4, 0.5) is 0 Å². The minimum Gasteiger partial charge on any atom is -0.387 e. The van der Waals surface area contributed by atoms with Crippen LogP contribution in [0, 0.1) is 0 Å². The number of rotatable bonds is 5. The molecule has 3 heterocycles. The Morgan fingerprint density at radius 1 is 1.21 bits per heavy atom. The molecule has 0 aromatic carbocycles. The summed E-state index contributed by atoms with van der Waals surface area (Å²) in [5.74, 6) is -0.0111. The number of primary sulfonamides is 1. The smallest absolute Gasteiger partial charge is 0.270 e. The molecule has 3 aliphatic rings. The Kier molecular flexibility index (Phi) is 5.28. The highest BCUT2D eigenvalue weighted by Gasteiger charge is 2.39. The highest BCUT2D eigenvalue weighted by molar-refractivity contribution is 7.89. The fourth-order valence-corrected chi connectivity index (χ4v) is 5.50. The van der Waals surface area contributed by atoms with E-state index in [1.807, 2.05) is 18.3 Å². The molecule has 28 heavy (non-hydrogen) atoms. The van der Waals surface area contributed by atoms with Crippen LogP contribution in [0.2, 0.25) is 0 Å². The topological polar surface area (TPSA) is 109 Å². The first-order valence-electron chi connectivity index (χ1n) is 10.2. The Bertz CT molecular complexity index is 827. The molecule has 3 fully saturated rings. The number of piperidine rings is 2. The van der Waals surface area contributed by atoms with Gasteiger partial charge in [-0.2, -0.15) is 0 Å². The average Bonchev–Trinajstić information content (AvgIpc) is 3.37. The van der Waals surface area contributed by atoms with Crippen LogP contribution in [0.25, 0.3) is 0 Å². The van der Waals surface area contributed by atoms with Crippen molar-refractivity contribution < 1.29 is 18.3 Å². The van der Waals surface area contributed by atoms with Gasteiger partial charge in [0, 0.05) is 25.3 Å². The maximum atomic E-state index is 13.0. The van der Waals surface area contributed by atoms with Gasteiger partial charge in [0.05, 0.1) is 17.4 Å². The molecular formula is C19H30N4O4S. The Morgan fingerprint density at radius 2 is 1.93 bits per heavy atom. The monoisotopic (exact) mass is 410 g/mol. The van der Waals surface area contributed by atoms with Crippen LogP contribution in [0.1, 0.15) is 55.1 Å². The molecule has 4 rings (SSSR count). The fraction of sp³-hybridized carbons (Fsp3) is 0.737. The maximum Gasteiger partial charge on any atom is 0.270 e. The van der Waals surface area contributed by atoms with Gasteiger partial charge in [-0.25, -0.2) is 13.6 Å². The van der Waals surface area contributed by atoms with E-state index >= 15 is 0 Å². The van der Waals surface area contributed by atoms with Gasteiger partial charge < -0.3 is 19.5 Å². The van der Waals surface area contributed by atoms with Crippen LogP contribution >= 0.6 is 0 Å². The Labute approximate surface area is 166 Å². The van der Waals surface area contributed by atoms with Crippen LogP contribution in [0.3, 0.4) is 0 Å². The van der Waals surface area contributed by atoms with Crippen molar-refractivity contribution in [1.29, 1.82) is 0 Å². The number of aliphatic hydroxyl groups is 1. The third-order valence-electron chi connectivity index (χ3n) is 6.30. The van der Waals surface area contributed by atoms with E-state index in [2.05, 4.69) is 9.47 Å². The van der Waals surface area contributed by atoms with E-state index in [0.29, 0.717) is 63.7 Å². The molecule has 2 aliphatic heterocycles. The van der Waals surface area contributed by atoms with Crippen molar-refractivity contribution in [2.75, 3.05) is 32.7 Å². The van der Waals surface area contributed by atoms with E-state index in [-0.39, 0.29) is 5.91 Å². The summed E-state index contributed by atoms with van der Waals surface area (Å²) in [5, 5.41) is 15.9. The van der Waals surface area contributed by atoms with E-state index in [1.165, 1.54) is 0 Å². The first-order valence-corrected chi connectivity index (χ1v) is 11.8. The summed E-state index contributed by atoms with van der Waals surface area (Å²) in [6, 6.07) is 4.22. The predicted octanol–water partition coefficient (Wildman–Crippen LogP) is 0.543. The minimum atomic E-state index is -3.49. The number of β-amino-alcohol motifs (C(OH)–C–C–N with tert-alkyl or cyclic N) is 1. The van der Waals surface area contributed by atoms with E-state index in [9.17, 15) is 18.3 Å². The van der Waals surface area contributed by atoms with Gasteiger partial charge in [-0.1, -0.05) is 0 Å². The number of likely N-dealkylation sites (tertiary alicyclic amines) is 2. The minimum absolute atomic E-state index is 0.0111. The standard InChI is InChI=1S/C19H30N4O4S/c20-28(26,27)16-6-11-21(12-7-16)13-19(25)8-2-9-22(14-19)18(24)17-3-1-10-23(17)15-4-5-15/h1,3,10,15-16,25H,2,4-9,11-14H2,(H2,20,26,27). The van der Waals surface area contributed by atoms with Crippen LogP contribution in [-0.2, 0) is 10.0 Å². The molecule has 3 N–H and O–H groups in total. The number of aromatic nitrogens is 1. The third-order valence-corrected chi connectivity index (χ3v) is 7.70. The molecule has 1 unspecified atom stereocenters. The van der Waals surface area contributed by atoms with Crippen LogP contribution in [0.5, 0.6) is 0 Å². The quantitative estimate of drug-likeness (QED) is 0.737. The van der Waals surface area contributed by atoms with Crippen molar-refractivity contribution in [3.05, 3.63) is 24.0 Å². The number of nitrogens with two attached hydrogens (primary N) is 1. The van der Waals surface area contributed by atoms with E-state index in [1.54, 1.807) is 4.90 Å². The third kappa shape index (κ3) is 4.27. The molecule has 1 aromatic rings. The van der Waals surface area contributed by atoms with E-state index in [0.717, 1.165) is 19.3 Å². The fourth-order valence-electron chi connectivity index (χ4n) is 4.64. The lowest BCUT2D eigenvalue weighted by Crippen LogP contribution is -2.57. The number of hydrogen-bond acceptors (Lipinski definition) is 5. The summed E-state index contributed by atoms with van der Waals surface area (Å²) in [6.07, 6.45) is 6.60. The number of sulfonamides is 1. The SMILES string of the molecule is NS(=O)(=O)C1CCN(CC2(O)CCCN(C(=O)c3cccn3C3CC3)C2)CC1. The summed E-state index contributed by atoms with van der Waals surface area (Å²) < 4.78 is 25.1. The van der Waals surface area contributed by atoms with Crippen molar-refractivity contribution >= 4 is 15.9 Å². The summed E-state index contributed by atoms with van der Waals surface area (Å²) in [5.41, 5.74) is -0.250. The summed E-state index contributed by atoms with van der Waals surface area (Å²) >= 11 is 0. The second kappa shape index (κ2) is 7.44. The molecule has 2 saturated heterocycles. The van der Waals surface area contributed by atoms with Crippen molar-refractivity contribution in [2.45, 2.75) is 55.4 Å². The van der Waals surface area contributed by atoms with Crippen molar-refractivity contribution in [1.82, 2.24) is 14.4 Å². The zero-order chi connectivity index (χ0) is 19.9. The molecule has 156 valence electrons. The lowest BCUT2D eigenvalue weighted by Gasteiger charge is -2.43. The Balaban J connectivity index is 1.37. The zero-order valence-electron chi connectivity index (χ0n) is 16.2. The van der Waals surface area contributed by atoms with Crippen LogP contribution in [0.15, 0.2) is 18.3 Å². The molecule has 0 spiro atoms. The van der Waals surface area contributed by atoms with Crippen LogP contribution in [-0.4, -0.2) is 77.4 Å². The molecule has 1 atom stereocenters. The molecule has 0 bridgehead atoms. The molecule has 8 nitrogen and oxygen atoms in total. The number of nitrogens with zero attached hydrogens (tertiary/aromatic N) is 3. The molecule has 0 radical (unpaired) electrons. The number of hydrogen-bond donors (Lipinski definition) is 2. The van der Waals surface area contributed by atoms with E-state index in [4.69, 9.17) is 5.14 Å². The summed E-state index contributed by atoms with van der Waals surface area (Å²) in [4.78, 5) is 16.9. The van der Waals surface area contributed by atoms with Gasteiger partial charge in [0.2, 0.25) is 10.0 Å². The number of carbonyl (C=O) groups excluding carboxylic acids is 1. The highest BCUT2D eigenvalue weighted by Crippen LogP contribution is 2.36. The summed E-state index contributed by atoms with van der Waals surface area (Å²) in [7, 11) is -3.49.